The van der Waals surface area contributed by atoms with Gasteiger partial charge in [-0.25, -0.2) is 0 Å². The minimum atomic E-state index is 0.327. The zero-order valence-electron chi connectivity index (χ0n) is 10.9. The quantitative estimate of drug-likeness (QED) is 0.880. The number of nitrogens with one attached hydrogen (secondary N) is 1. The van der Waals surface area contributed by atoms with Gasteiger partial charge in [-0.1, -0.05) is 0 Å². The van der Waals surface area contributed by atoms with Crippen LogP contribution in [0.25, 0.3) is 0 Å². The van der Waals surface area contributed by atoms with Gasteiger partial charge in [0.15, 0.2) is 5.75 Å². The lowest BCUT2D eigenvalue weighted by Gasteiger charge is -2.06. The first-order chi connectivity index (χ1) is 8.69. The first-order valence-electron chi connectivity index (χ1n) is 6.10. The summed E-state index contributed by atoms with van der Waals surface area (Å²) in [6.45, 7) is 7.05. The number of anilines is 1. The third-order valence-electron chi connectivity index (χ3n) is 2.44. The molecule has 0 saturated heterocycles. The Morgan fingerprint density at radius 2 is 2.11 bits per heavy atom. The highest BCUT2D eigenvalue weighted by molar-refractivity contribution is 5.45. The molecule has 2 aromatic heterocycles. The average Bonchev–Trinajstić information content (AvgIpc) is 2.78. The first kappa shape index (κ1) is 12.4. The molecular formula is C13H18N4O. The molecule has 0 aliphatic carbocycles. The molecule has 0 atom stereocenters. The SMILES string of the molecule is CCNc1cncc(Oc2cnn(C(C)C)c2)c1. The Morgan fingerprint density at radius 1 is 1.28 bits per heavy atom. The zero-order valence-corrected chi connectivity index (χ0v) is 10.9. The van der Waals surface area contributed by atoms with Crippen LogP contribution in [0.1, 0.15) is 26.8 Å². The molecular weight excluding hydrogens is 228 g/mol. The number of hydrogen-bond donors (Lipinski definition) is 1. The van der Waals surface area contributed by atoms with Crippen LogP contribution in [0, 0.1) is 0 Å². The molecule has 5 heteroatoms. The number of aromatic nitrogens is 3. The number of ether oxygens (including phenoxy) is 1. The van der Waals surface area contributed by atoms with Crippen molar-refractivity contribution >= 4 is 5.69 Å². The van der Waals surface area contributed by atoms with E-state index in [1.54, 1.807) is 18.6 Å². The fourth-order valence-corrected chi connectivity index (χ4v) is 1.57. The molecule has 0 amide bonds. The normalized spacial score (nSPS) is 10.7. The average molecular weight is 246 g/mol. The molecule has 0 bridgehead atoms. The van der Waals surface area contributed by atoms with Gasteiger partial charge in [-0.3, -0.25) is 9.67 Å². The Morgan fingerprint density at radius 3 is 2.78 bits per heavy atom. The molecule has 0 aliphatic heterocycles. The Bertz CT molecular complexity index is 507. The molecule has 0 saturated carbocycles. The van der Waals surface area contributed by atoms with Gasteiger partial charge in [0.2, 0.25) is 0 Å². The van der Waals surface area contributed by atoms with E-state index in [4.69, 9.17) is 4.74 Å². The van der Waals surface area contributed by atoms with Crippen molar-refractivity contribution in [3.05, 3.63) is 30.9 Å². The van der Waals surface area contributed by atoms with E-state index in [0.29, 0.717) is 11.8 Å². The second-order valence-corrected chi connectivity index (χ2v) is 4.29. The van der Waals surface area contributed by atoms with Crippen molar-refractivity contribution in [2.75, 3.05) is 11.9 Å². The van der Waals surface area contributed by atoms with Gasteiger partial charge in [-0.05, 0) is 20.8 Å². The lowest BCUT2D eigenvalue weighted by molar-refractivity contribution is 0.475. The Hall–Kier alpha value is -2.04. The van der Waals surface area contributed by atoms with E-state index in [1.807, 2.05) is 23.9 Å². The van der Waals surface area contributed by atoms with Crippen LogP contribution >= 0.6 is 0 Å². The molecule has 2 aromatic rings. The Balaban J connectivity index is 2.10. The molecule has 18 heavy (non-hydrogen) atoms. The molecule has 0 aliphatic rings. The standard InChI is InChI=1S/C13H18N4O/c1-4-15-11-5-12(7-14-6-11)18-13-8-16-17(9-13)10(2)3/h5-10,15H,4H2,1-3H3. The lowest BCUT2D eigenvalue weighted by Crippen LogP contribution is -1.99. The van der Waals surface area contributed by atoms with Crippen LogP contribution < -0.4 is 10.1 Å². The van der Waals surface area contributed by atoms with E-state index in [1.165, 1.54) is 0 Å². The smallest absolute Gasteiger partial charge is 0.165 e. The van der Waals surface area contributed by atoms with Gasteiger partial charge in [-0.2, -0.15) is 5.10 Å². The predicted octanol–water partition coefficient (Wildman–Crippen LogP) is 3.08. The summed E-state index contributed by atoms with van der Waals surface area (Å²) in [5.41, 5.74) is 0.950. The molecule has 0 aromatic carbocycles. The topological polar surface area (TPSA) is 52.0 Å². The van der Waals surface area contributed by atoms with Crippen molar-refractivity contribution in [1.29, 1.82) is 0 Å². The molecule has 2 heterocycles. The van der Waals surface area contributed by atoms with Crippen molar-refractivity contribution in [3.8, 4) is 11.5 Å². The second kappa shape index (κ2) is 5.53. The molecule has 5 nitrogen and oxygen atoms in total. The summed E-state index contributed by atoms with van der Waals surface area (Å²) < 4.78 is 7.57. The summed E-state index contributed by atoms with van der Waals surface area (Å²) in [7, 11) is 0. The van der Waals surface area contributed by atoms with E-state index in [-0.39, 0.29) is 0 Å². The van der Waals surface area contributed by atoms with Crippen LogP contribution in [0.5, 0.6) is 11.5 Å². The highest BCUT2D eigenvalue weighted by Crippen LogP contribution is 2.23. The maximum atomic E-state index is 5.71. The van der Waals surface area contributed by atoms with Crippen molar-refractivity contribution in [3.63, 3.8) is 0 Å². The molecule has 2 rings (SSSR count). The van der Waals surface area contributed by atoms with E-state index >= 15 is 0 Å². The Labute approximate surface area is 107 Å². The van der Waals surface area contributed by atoms with Gasteiger partial charge in [0.1, 0.15) is 5.75 Å². The van der Waals surface area contributed by atoms with E-state index in [2.05, 4.69) is 29.2 Å². The summed E-state index contributed by atoms with van der Waals surface area (Å²) in [5.74, 6) is 1.43. The van der Waals surface area contributed by atoms with Crippen LogP contribution in [0.15, 0.2) is 30.9 Å². The summed E-state index contributed by atoms with van der Waals surface area (Å²) in [4.78, 5) is 4.13. The lowest BCUT2D eigenvalue weighted by atomic mass is 10.4. The number of nitrogens with zero attached hydrogens (tertiary/aromatic N) is 3. The van der Waals surface area contributed by atoms with Crippen molar-refractivity contribution in [2.45, 2.75) is 26.8 Å². The maximum Gasteiger partial charge on any atom is 0.165 e. The van der Waals surface area contributed by atoms with Crippen LogP contribution in [-0.4, -0.2) is 21.3 Å². The number of pyridine rings is 1. The monoisotopic (exact) mass is 246 g/mol. The van der Waals surface area contributed by atoms with Crippen molar-refractivity contribution < 1.29 is 4.74 Å². The summed E-state index contributed by atoms with van der Waals surface area (Å²) >= 11 is 0. The fourth-order valence-electron chi connectivity index (χ4n) is 1.57. The van der Waals surface area contributed by atoms with Gasteiger partial charge < -0.3 is 10.1 Å². The third-order valence-corrected chi connectivity index (χ3v) is 2.44. The summed E-state index contributed by atoms with van der Waals surface area (Å²) in [5, 5.41) is 7.42. The summed E-state index contributed by atoms with van der Waals surface area (Å²) in [6.07, 6.45) is 7.05. The zero-order chi connectivity index (χ0) is 13.0. The largest absolute Gasteiger partial charge is 0.452 e. The van der Waals surface area contributed by atoms with Crippen LogP contribution in [0.3, 0.4) is 0 Å². The Kier molecular flexibility index (Phi) is 3.82. The first-order valence-corrected chi connectivity index (χ1v) is 6.10. The molecule has 0 unspecified atom stereocenters. The molecule has 96 valence electrons. The minimum absolute atomic E-state index is 0.327. The molecule has 0 spiro atoms. The molecule has 1 N–H and O–H groups in total. The van der Waals surface area contributed by atoms with Gasteiger partial charge in [0, 0.05) is 18.7 Å². The van der Waals surface area contributed by atoms with Gasteiger partial charge in [-0.15, -0.1) is 0 Å². The third kappa shape index (κ3) is 3.00. The number of rotatable bonds is 5. The molecule has 0 radical (unpaired) electrons. The maximum absolute atomic E-state index is 5.71. The van der Waals surface area contributed by atoms with E-state index < -0.39 is 0 Å². The van der Waals surface area contributed by atoms with Gasteiger partial charge in [0.25, 0.3) is 0 Å². The summed E-state index contributed by atoms with van der Waals surface area (Å²) in [6, 6.07) is 2.25. The van der Waals surface area contributed by atoms with E-state index in [9.17, 15) is 0 Å². The predicted molar refractivity (Wildman–Crippen MR) is 71.1 cm³/mol. The van der Waals surface area contributed by atoms with E-state index in [0.717, 1.165) is 18.0 Å². The highest BCUT2D eigenvalue weighted by atomic mass is 16.5. The number of hydrogen-bond acceptors (Lipinski definition) is 4. The fraction of sp³-hybridized carbons (Fsp3) is 0.385. The van der Waals surface area contributed by atoms with Crippen LogP contribution in [-0.2, 0) is 0 Å². The molecule has 0 fully saturated rings. The minimum Gasteiger partial charge on any atom is -0.452 e. The second-order valence-electron chi connectivity index (χ2n) is 4.29. The van der Waals surface area contributed by atoms with Crippen molar-refractivity contribution in [2.24, 2.45) is 0 Å². The van der Waals surface area contributed by atoms with Gasteiger partial charge >= 0.3 is 0 Å². The van der Waals surface area contributed by atoms with Crippen LogP contribution in [0.2, 0.25) is 0 Å². The van der Waals surface area contributed by atoms with Crippen LogP contribution in [0.4, 0.5) is 5.69 Å². The van der Waals surface area contributed by atoms with Crippen molar-refractivity contribution in [1.82, 2.24) is 14.8 Å². The van der Waals surface area contributed by atoms with Gasteiger partial charge in [0.05, 0.1) is 30.5 Å². The highest BCUT2D eigenvalue weighted by Gasteiger charge is 2.04.